The Labute approximate surface area is 100 Å². The minimum atomic E-state index is 0.651. The molecule has 0 saturated heterocycles. The molecule has 0 aromatic rings. The van der Waals surface area contributed by atoms with Crippen molar-refractivity contribution in [2.75, 3.05) is 39.9 Å². The molecule has 0 amide bonds. The van der Waals surface area contributed by atoms with E-state index in [0.717, 1.165) is 38.8 Å². The summed E-state index contributed by atoms with van der Waals surface area (Å²) in [4.78, 5) is 2.35. The number of ether oxygens (including phenoxy) is 1. The van der Waals surface area contributed by atoms with E-state index in [0.29, 0.717) is 5.92 Å². The van der Waals surface area contributed by atoms with Gasteiger partial charge in [-0.1, -0.05) is 13.3 Å². The van der Waals surface area contributed by atoms with Crippen LogP contribution in [-0.2, 0) is 4.74 Å². The van der Waals surface area contributed by atoms with Crippen molar-refractivity contribution < 1.29 is 4.74 Å². The van der Waals surface area contributed by atoms with Crippen molar-refractivity contribution in [3.63, 3.8) is 0 Å². The Bertz CT molecular complexity index is 171. The monoisotopic (exact) mass is 228 g/mol. The SMILES string of the molecule is CCCC(CN)CN(C)CCOCC1CC1. The van der Waals surface area contributed by atoms with Crippen molar-refractivity contribution in [2.24, 2.45) is 17.6 Å². The second kappa shape index (κ2) is 8.04. The van der Waals surface area contributed by atoms with E-state index in [4.69, 9.17) is 10.5 Å². The third-order valence-electron chi connectivity index (χ3n) is 3.27. The maximum Gasteiger partial charge on any atom is 0.0593 e. The Morgan fingerprint density at radius 2 is 2.19 bits per heavy atom. The molecule has 0 bridgehead atoms. The van der Waals surface area contributed by atoms with Gasteiger partial charge >= 0.3 is 0 Å². The first kappa shape index (κ1) is 13.9. The normalized spacial score (nSPS) is 18.0. The van der Waals surface area contributed by atoms with Gasteiger partial charge in [0.05, 0.1) is 6.61 Å². The lowest BCUT2D eigenvalue weighted by Crippen LogP contribution is -2.32. The summed E-state index contributed by atoms with van der Waals surface area (Å²) in [6, 6.07) is 0. The molecule has 0 heterocycles. The fourth-order valence-electron chi connectivity index (χ4n) is 1.98. The van der Waals surface area contributed by atoms with Crippen LogP contribution in [0.25, 0.3) is 0 Å². The standard InChI is InChI=1S/C13H28N2O/c1-3-4-13(9-14)10-15(2)7-8-16-11-12-5-6-12/h12-13H,3-11,14H2,1-2H3. The zero-order chi connectivity index (χ0) is 11.8. The Morgan fingerprint density at radius 3 is 2.75 bits per heavy atom. The lowest BCUT2D eigenvalue weighted by atomic mass is 10.0. The van der Waals surface area contributed by atoms with E-state index in [-0.39, 0.29) is 0 Å². The third kappa shape index (κ3) is 6.46. The number of hydrogen-bond donors (Lipinski definition) is 1. The summed E-state index contributed by atoms with van der Waals surface area (Å²) in [5.74, 6) is 1.53. The number of nitrogens with zero attached hydrogens (tertiary/aromatic N) is 1. The molecule has 3 nitrogen and oxygen atoms in total. The highest BCUT2D eigenvalue weighted by Crippen LogP contribution is 2.28. The van der Waals surface area contributed by atoms with Crippen LogP contribution in [0, 0.1) is 11.8 Å². The van der Waals surface area contributed by atoms with Crippen molar-refractivity contribution in [2.45, 2.75) is 32.6 Å². The number of hydrogen-bond acceptors (Lipinski definition) is 3. The molecule has 3 heteroatoms. The van der Waals surface area contributed by atoms with Crippen molar-refractivity contribution in [3.05, 3.63) is 0 Å². The quantitative estimate of drug-likeness (QED) is 0.579. The molecule has 0 aliphatic heterocycles. The summed E-state index contributed by atoms with van der Waals surface area (Å²) in [5.41, 5.74) is 5.75. The summed E-state index contributed by atoms with van der Waals surface area (Å²) >= 11 is 0. The maximum absolute atomic E-state index is 5.75. The first-order valence-electron chi connectivity index (χ1n) is 6.72. The minimum absolute atomic E-state index is 0.651. The van der Waals surface area contributed by atoms with Crippen molar-refractivity contribution >= 4 is 0 Å². The Hall–Kier alpha value is -0.120. The second-order valence-corrected chi connectivity index (χ2v) is 5.17. The lowest BCUT2D eigenvalue weighted by molar-refractivity contribution is 0.0989. The molecule has 1 rings (SSSR count). The van der Waals surface area contributed by atoms with Crippen LogP contribution in [0.1, 0.15) is 32.6 Å². The van der Waals surface area contributed by atoms with Crippen LogP contribution >= 0.6 is 0 Å². The highest BCUT2D eigenvalue weighted by atomic mass is 16.5. The van der Waals surface area contributed by atoms with Crippen molar-refractivity contribution in [1.82, 2.24) is 4.90 Å². The van der Waals surface area contributed by atoms with E-state index in [1.807, 2.05) is 0 Å². The highest BCUT2D eigenvalue weighted by Gasteiger charge is 2.21. The third-order valence-corrected chi connectivity index (χ3v) is 3.27. The first-order valence-corrected chi connectivity index (χ1v) is 6.72. The first-order chi connectivity index (χ1) is 7.76. The van der Waals surface area contributed by atoms with Gasteiger partial charge in [0, 0.05) is 19.7 Å². The van der Waals surface area contributed by atoms with Crippen LogP contribution in [0.15, 0.2) is 0 Å². The molecule has 0 aromatic heterocycles. The van der Waals surface area contributed by atoms with Gasteiger partial charge in [-0.3, -0.25) is 0 Å². The zero-order valence-electron chi connectivity index (χ0n) is 11.0. The van der Waals surface area contributed by atoms with Gasteiger partial charge in [-0.2, -0.15) is 0 Å². The van der Waals surface area contributed by atoms with E-state index in [1.165, 1.54) is 25.7 Å². The molecule has 1 fully saturated rings. The molecule has 1 aliphatic carbocycles. The van der Waals surface area contributed by atoms with Crippen LogP contribution in [-0.4, -0.2) is 44.8 Å². The van der Waals surface area contributed by atoms with Gasteiger partial charge < -0.3 is 15.4 Å². The number of rotatable bonds is 10. The zero-order valence-corrected chi connectivity index (χ0v) is 11.0. The largest absolute Gasteiger partial charge is 0.380 e. The molecule has 96 valence electrons. The number of nitrogens with two attached hydrogens (primary N) is 1. The fourth-order valence-corrected chi connectivity index (χ4v) is 1.98. The second-order valence-electron chi connectivity index (χ2n) is 5.17. The Balaban J connectivity index is 1.96. The summed E-state index contributed by atoms with van der Waals surface area (Å²) in [7, 11) is 2.17. The van der Waals surface area contributed by atoms with Crippen molar-refractivity contribution in [1.29, 1.82) is 0 Å². The molecule has 16 heavy (non-hydrogen) atoms. The highest BCUT2D eigenvalue weighted by molar-refractivity contribution is 4.72. The van der Waals surface area contributed by atoms with E-state index < -0.39 is 0 Å². The number of likely N-dealkylation sites (N-methyl/N-ethyl adjacent to an activating group) is 1. The molecule has 1 saturated carbocycles. The molecule has 1 aliphatic rings. The predicted octanol–water partition coefficient (Wildman–Crippen LogP) is 1.72. The topological polar surface area (TPSA) is 38.5 Å². The fraction of sp³-hybridized carbons (Fsp3) is 1.00. The van der Waals surface area contributed by atoms with Gasteiger partial charge in [0.25, 0.3) is 0 Å². The molecular weight excluding hydrogens is 200 g/mol. The van der Waals surface area contributed by atoms with E-state index in [9.17, 15) is 0 Å². The van der Waals surface area contributed by atoms with Crippen LogP contribution in [0.3, 0.4) is 0 Å². The molecule has 0 spiro atoms. The Kier molecular flexibility index (Phi) is 7.01. The van der Waals surface area contributed by atoms with Gasteiger partial charge in [0.15, 0.2) is 0 Å². The summed E-state index contributed by atoms with van der Waals surface area (Å²) in [6.45, 7) is 7.02. The van der Waals surface area contributed by atoms with E-state index in [2.05, 4.69) is 18.9 Å². The molecular formula is C13H28N2O. The van der Waals surface area contributed by atoms with Crippen LogP contribution in [0.5, 0.6) is 0 Å². The Morgan fingerprint density at radius 1 is 1.44 bits per heavy atom. The average molecular weight is 228 g/mol. The lowest BCUT2D eigenvalue weighted by Gasteiger charge is -2.22. The smallest absolute Gasteiger partial charge is 0.0593 e. The van der Waals surface area contributed by atoms with Crippen molar-refractivity contribution in [3.8, 4) is 0 Å². The van der Waals surface area contributed by atoms with E-state index in [1.54, 1.807) is 0 Å². The molecule has 0 aromatic carbocycles. The minimum Gasteiger partial charge on any atom is -0.380 e. The summed E-state index contributed by atoms with van der Waals surface area (Å²) in [6.07, 6.45) is 5.22. The molecule has 2 N–H and O–H groups in total. The molecule has 1 unspecified atom stereocenters. The van der Waals surface area contributed by atoms with Gasteiger partial charge in [-0.25, -0.2) is 0 Å². The average Bonchev–Trinajstić information content (AvgIpc) is 3.07. The summed E-state index contributed by atoms with van der Waals surface area (Å²) in [5, 5.41) is 0. The van der Waals surface area contributed by atoms with E-state index >= 15 is 0 Å². The van der Waals surface area contributed by atoms with Crippen LogP contribution in [0.4, 0.5) is 0 Å². The summed E-state index contributed by atoms with van der Waals surface area (Å²) < 4.78 is 5.63. The van der Waals surface area contributed by atoms with Gasteiger partial charge in [0.1, 0.15) is 0 Å². The van der Waals surface area contributed by atoms with Gasteiger partial charge in [-0.05, 0) is 44.7 Å². The predicted molar refractivity (Wildman–Crippen MR) is 68.5 cm³/mol. The van der Waals surface area contributed by atoms with Crippen LogP contribution in [0.2, 0.25) is 0 Å². The maximum atomic E-state index is 5.75. The van der Waals surface area contributed by atoms with Gasteiger partial charge in [0.2, 0.25) is 0 Å². The van der Waals surface area contributed by atoms with Crippen LogP contribution < -0.4 is 5.73 Å². The van der Waals surface area contributed by atoms with Gasteiger partial charge in [-0.15, -0.1) is 0 Å². The molecule has 0 radical (unpaired) electrons. The molecule has 1 atom stereocenters.